The summed E-state index contributed by atoms with van der Waals surface area (Å²) >= 11 is 0. The van der Waals surface area contributed by atoms with Gasteiger partial charge in [-0.15, -0.1) is 0 Å². The van der Waals surface area contributed by atoms with Crippen molar-refractivity contribution in [3.8, 4) is 0 Å². The number of pyridine rings is 1. The first-order chi connectivity index (χ1) is 8.99. The van der Waals surface area contributed by atoms with Crippen molar-refractivity contribution in [1.82, 2.24) is 9.88 Å². The van der Waals surface area contributed by atoms with Crippen LogP contribution in [0.5, 0.6) is 0 Å². The van der Waals surface area contributed by atoms with Crippen LogP contribution < -0.4 is 11.3 Å². The maximum absolute atomic E-state index is 12.3. The Morgan fingerprint density at radius 2 is 2.21 bits per heavy atom. The molecule has 1 amide bonds. The highest BCUT2D eigenvalue weighted by molar-refractivity contribution is 5.94. The molecule has 6 nitrogen and oxygen atoms in total. The molecule has 0 unspecified atom stereocenters. The molecule has 1 heterocycles. The first-order valence-electron chi connectivity index (χ1n) is 6.22. The van der Waals surface area contributed by atoms with E-state index in [1.165, 1.54) is 0 Å². The first kappa shape index (κ1) is 15.4. The van der Waals surface area contributed by atoms with E-state index < -0.39 is 0 Å². The van der Waals surface area contributed by atoms with Crippen molar-refractivity contribution in [2.24, 2.45) is 5.84 Å². The summed E-state index contributed by atoms with van der Waals surface area (Å²) in [6, 6.07) is 3.45. The number of nitrogens with zero attached hydrogens (tertiary/aromatic N) is 2. The van der Waals surface area contributed by atoms with E-state index in [4.69, 9.17) is 10.6 Å². The van der Waals surface area contributed by atoms with E-state index in [0.717, 1.165) is 5.69 Å². The Hall–Kier alpha value is -1.66. The highest BCUT2D eigenvalue weighted by Gasteiger charge is 2.15. The number of hydrogen-bond donors (Lipinski definition) is 2. The van der Waals surface area contributed by atoms with Crippen molar-refractivity contribution in [2.45, 2.75) is 19.8 Å². The number of methoxy groups -OCH3 is 1. The Labute approximate surface area is 113 Å². The lowest BCUT2D eigenvalue weighted by molar-refractivity contribution is 0.0744. The molecule has 0 bridgehead atoms. The van der Waals surface area contributed by atoms with Gasteiger partial charge in [0.05, 0.1) is 6.61 Å². The predicted molar refractivity (Wildman–Crippen MR) is 75.0 cm³/mol. The van der Waals surface area contributed by atoms with Crippen molar-refractivity contribution in [3.05, 3.63) is 23.4 Å². The topological polar surface area (TPSA) is 80.5 Å². The quantitative estimate of drug-likeness (QED) is 0.597. The summed E-state index contributed by atoms with van der Waals surface area (Å²) in [4.78, 5) is 18.2. The Bertz CT molecular complexity index is 435. The molecule has 6 heteroatoms. The number of nitrogen functional groups attached to an aromatic ring is 1. The minimum atomic E-state index is -0.0714. The summed E-state index contributed by atoms with van der Waals surface area (Å²) < 4.78 is 4.97. The van der Waals surface area contributed by atoms with Crippen molar-refractivity contribution < 1.29 is 9.53 Å². The van der Waals surface area contributed by atoms with Crippen molar-refractivity contribution in [2.75, 3.05) is 32.7 Å². The van der Waals surface area contributed by atoms with Crippen LogP contribution in [0.3, 0.4) is 0 Å². The second kappa shape index (κ2) is 7.06. The van der Waals surface area contributed by atoms with Gasteiger partial charge in [-0.1, -0.05) is 13.8 Å². The summed E-state index contributed by atoms with van der Waals surface area (Å²) in [5, 5.41) is 0. The summed E-state index contributed by atoms with van der Waals surface area (Å²) in [7, 11) is 3.35. The molecule has 1 aromatic heterocycles. The number of nitrogens with two attached hydrogens (primary N) is 1. The average Bonchev–Trinajstić information content (AvgIpc) is 2.43. The van der Waals surface area contributed by atoms with E-state index in [0.29, 0.717) is 24.5 Å². The fourth-order valence-electron chi connectivity index (χ4n) is 1.60. The number of nitrogens with one attached hydrogen (secondary N) is 1. The molecule has 0 spiro atoms. The highest BCUT2D eigenvalue weighted by Crippen LogP contribution is 2.18. The van der Waals surface area contributed by atoms with Crippen molar-refractivity contribution in [3.63, 3.8) is 0 Å². The van der Waals surface area contributed by atoms with Gasteiger partial charge in [0.2, 0.25) is 0 Å². The largest absolute Gasteiger partial charge is 0.383 e. The third-order valence-corrected chi connectivity index (χ3v) is 2.81. The van der Waals surface area contributed by atoms with E-state index in [1.807, 2.05) is 13.8 Å². The van der Waals surface area contributed by atoms with Gasteiger partial charge in [0.15, 0.2) is 0 Å². The summed E-state index contributed by atoms with van der Waals surface area (Å²) in [5.74, 6) is 6.04. The van der Waals surface area contributed by atoms with Crippen LogP contribution in [-0.2, 0) is 4.74 Å². The van der Waals surface area contributed by atoms with Crippen LogP contribution in [0, 0.1) is 0 Å². The Morgan fingerprint density at radius 1 is 1.53 bits per heavy atom. The van der Waals surface area contributed by atoms with Gasteiger partial charge in [-0.25, -0.2) is 10.8 Å². The Balaban J connectivity index is 2.98. The number of ether oxygens (including phenoxy) is 1. The third-order valence-electron chi connectivity index (χ3n) is 2.81. The monoisotopic (exact) mass is 266 g/mol. The molecule has 0 saturated carbocycles. The summed E-state index contributed by atoms with van der Waals surface area (Å²) in [6.07, 6.45) is 0. The molecule has 19 heavy (non-hydrogen) atoms. The van der Waals surface area contributed by atoms with E-state index >= 15 is 0 Å². The maximum atomic E-state index is 12.3. The lowest BCUT2D eigenvalue weighted by atomic mass is 10.1. The lowest BCUT2D eigenvalue weighted by Crippen LogP contribution is -2.30. The predicted octanol–water partition coefficient (Wildman–Crippen LogP) is 1.21. The number of anilines is 1. The third kappa shape index (κ3) is 4.18. The molecule has 0 radical (unpaired) electrons. The minimum Gasteiger partial charge on any atom is -0.383 e. The molecular weight excluding hydrogens is 244 g/mol. The lowest BCUT2D eigenvalue weighted by Gasteiger charge is -2.18. The number of carbonyl (C=O) groups excluding carboxylic acids is 1. The van der Waals surface area contributed by atoms with Gasteiger partial charge in [-0.05, 0) is 18.1 Å². The number of amides is 1. The Morgan fingerprint density at radius 3 is 2.74 bits per heavy atom. The minimum absolute atomic E-state index is 0.0714. The molecule has 0 atom stereocenters. The number of hydrogen-bond acceptors (Lipinski definition) is 5. The van der Waals surface area contributed by atoms with Gasteiger partial charge in [0, 0.05) is 32.0 Å². The van der Waals surface area contributed by atoms with Crippen molar-refractivity contribution in [1.29, 1.82) is 0 Å². The average molecular weight is 266 g/mol. The first-order valence-corrected chi connectivity index (χ1v) is 6.22. The second-order valence-electron chi connectivity index (χ2n) is 4.68. The molecule has 0 aliphatic rings. The SMILES string of the molecule is COCCN(C)C(=O)c1cc(NN)nc(C(C)C)c1. The molecule has 106 valence electrons. The summed E-state index contributed by atoms with van der Waals surface area (Å²) in [6.45, 7) is 5.09. The fourth-order valence-corrected chi connectivity index (χ4v) is 1.60. The van der Waals surface area contributed by atoms with Crippen molar-refractivity contribution >= 4 is 11.7 Å². The number of rotatable bonds is 6. The van der Waals surface area contributed by atoms with Gasteiger partial charge in [0.1, 0.15) is 5.82 Å². The molecular formula is C13H22N4O2. The van der Waals surface area contributed by atoms with Crippen LogP contribution in [0.15, 0.2) is 12.1 Å². The zero-order valence-corrected chi connectivity index (χ0v) is 11.9. The molecule has 0 aliphatic carbocycles. The van der Waals surface area contributed by atoms with E-state index in [9.17, 15) is 4.79 Å². The molecule has 0 fully saturated rings. The van der Waals surface area contributed by atoms with Gasteiger partial charge in [0.25, 0.3) is 5.91 Å². The fraction of sp³-hybridized carbons (Fsp3) is 0.538. The molecule has 1 rings (SSSR count). The number of likely N-dealkylation sites (N-methyl/N-ethyl adjacent to an activating group) is 1. The van der Waals surface area contributed by atoms with Gasteiger partial charge < -0.3 is 15.1 Å². The molecule has 0 saturated heterocycles. The van der Waals surface area contributed by atoms with Crippen LogP contribution in [0.1, 0.15) is 35.8 Å². The molecule has 0 aliphatic heterocycles. The zero-order valence-electron chi connectivity index (χ0n) is 11.9. The molecule has 3 N–H and O–H groups in total. The smallest absolute Gasteiger partial charge is 0.253 e. The van der Waals surface area contributed by atoms with Gasteiger partial charge in [-0.3, -0.25) is 4.79 Å². The number of hydrazine groups is 1. The van der Waals surface area contributed by atoms with E-state index in [1.54, 1.807) is 31.2 Å². The number of carbonyl (C=O) groups is 1. The summed E-state index contributed by atoms with van der Waals surface area (Å²) in [5.41, 5.74) is 3.90. The molecule has 0 aromatic carbocycles. The van der Waals surface area contributed by atoms with Crippen LogP contribution in [0.4, 0.5) is 5.82 Å². The second-order valence-corrected chi connectivity index (χ2v) is 4.68. The van der Waals surface area contributed by atoms with Crippen LogP contribution in [-0.4, -0.2) is 43.1 Å². The maximum Gasteiger partial charge on any atom is 0.253 e. The van der Waals surface area contributed by atoms with Crippen LogP contribution >= 0.6 is 0 Å². The standard InChI is InChI=1S/C13H22N4O2/c1-9(2)11-7-10(8-12(15-11)16-14)13(18)17(3)5-6-19-4/h7-9H,5-6,14H2,1-4H3,(H,15,16). The molecule has 1 aromatic rings. The van der Waals surface area contributed by atoms with Crippen LogP contribution in [0.25, 0.3) is 0 Å². The van der Waals surface area contributed by atoms with Gasteiger partial charge >= 0.3 is 0 Å². The van der Waals surface area contributed by atoms with E-state index in [-0.39, 0.29) is 11.8 Å². The van der Waals surface area contributed by atoms with Gasteiger partial charge in [-0.2, -0.15) is 0 Å². The van der Waals surface area contributed by atoms with E-state index in [2.05, 4.69) is 10.4 Å². The van der Waals surface area contributed by atoms with Crippen LogP contribution in [0.2, 0.25) is 0 Å². The zero-order chi connectivity index (χ0) is 14.4. The normalized spacial score (nSPS) is 10.6. The highest BCUT2D eigenvalue weighted by atomic mass is 16.5. The number of aromatic nitrogens is 1. The Kier molecular flexibility index (Phi) is 5.72.